The summed E-state index contributed by atoms with van der Waals surface area (Å²) in [5.74, 6) is 0. The molecule has 3 nitrogen and oxygen atoms in total. The fourth-order valence-electron chi connectivity index (χ4n) is 2.36. The molecule has 2 aromatic rings. The van der Waals surface area contributed by atoms with Crippen LogP contribution in [0.4, 0.5) is 5.69 Å². The second-order valence-electron chi connectivity index (χ2n) is 4.90. The van der Waals surface area contributed by atoms with E-state index >= 15 is 0 Å². The predicted molar refractivity (Wildman–Crippen MR) is 71.1 cm³/mol. The van der Waals surface area contributed by atoms with Gasteiger partial charge in [-0.1, -0.05) is 18.2 Å². The molecule has 3 rings (SSSR count). The van der Waals surface area contributed by atoms with E-state index in [9.17, 15) is 0 Å². The summed E-state index contributed by atoms with van der Waals surface area (Å²) >= 11 is 0. The number of nitrogens with zero attached hydrogens (tertiary/aromatic N) is 1. The molecule has 1 aliphatic carbocycles. The highest BCUT2D eigenvalue weighted by Gasteiger charge is 2.25. The van der Waals surface area contributed by atoms with Gasteiger partial charge < -0.3 is 11.1 Å². The summed E-state index contributed by atoms with van der Waals surface area (Å²) in [5.41, 5.74) is 9.05. The summed E-state index contributed by atoms with van der Waals surface area (Å²) in [6, 6.07) is 11.3. The molecule has 1 aromatic carbocycles. The maximum absolute atomic E-state index is 5.80. The zero-order valence-corrected chi connectivity index (χ0v) is 9.98. The number of hydrogen-bond acceptors (Lipinski definition) is 3. The van der Waals surface area contributed by atoms with Crippen LogP contribution in [0.2, 0.25) is 0 Å². The van der Waals surface area contributed by atoms with Crippen molar-refractivity contribution in [3.8, 4) is 0 Å². The van der Waals surface area contributed by atoms with E-state index in [1.54, 1.807) is 0 Å². The number of rotatable bonds is 2. The number of para-hydroxylation sites is 1. The van der Waals surface area contributed by atoms with E-state index < -0.39 is 0 Å². The Morgan fingerprint density at radius 3 is 2.82 bits per heavy atom. The molecule has 0 radical (unpaired) electrons. The number of benzene rings is 1. The Morgan fingerprint density at radius 1 is 1.24 bits per heavy atom. The van der Waals surface area contributed by atoms with E-state index in [0.717, 1.165) is 29.7 Å². The van der Waals surface area contributed by atoms with Gasteiger partial charge in [0.15, 0.2) is 0 Å². The summed E-state index contributed by atoms with van der Waals surface area (Å²) in [7, 11) is 0. The van der Waals surface area contributed by atoms with Crippen molar-refractivity contribution in [2.45, 2.75) is 31.8 Å². The lowest BCUT2D eigenvalue weighted by Gasteiger charge is -2.34. The molecular formula is C14H17N3. The molecule has 0 aliphatic heterocycles. The molecule has 0 saturated heterocycles. The quantitative estimate of drug-likeness (QED) is 0.828. The van der Waals surface area contributed by atoms with Crippen molar-refractivity contribution in [2.75, 3.05) is 5.32 Å². The minimum Gasteiger partial charge on any atom is -0.380 e. The fraction of sp³-hybridized carbons (Fsp3) is 0.357. The van der Waals surface area contributed by atoms with Crippen LogP contribution in [0.15, 0.2) is 30.3 Å². The molecule has 1 aromatic heterocycles. The van der Waals surface area contributed by atoms with Crippen LogP contribution in [-0.2, 0) is 0 Å². The van der Waals surface area contributed by atoms with Crippen LogP contribution >= 0.6 is 0 Å². The highest BCUT2D eigenvalue weighted by atomic mass is 15.0. The van der Waals surface area contributed by atoms with E-state index in [4.69, 9.17) is 5.73 Å². The van der Waals surface area contributed by atoms with Crippen molar-refractivity contribution in [1.82, 2.24) is 4.98 Å². The first-order chi connectivity index (χ1) is 8.22. The molecule has 88 valence electrons. The fourth-order valence-corrected chi connectivity index (χ4v) is 2.36. The molecule has 1 saturated carbocycles. The predicted octanol–water partition coefficient (Wildman–Crippen LogP) is 2.44. The van der Waals surface area contributed by atoms with Crippen molar-refractivity contribution in [3.05, 3.63) is 36.0 Å². The van der Waals surface area contributed by atoms with Gasteiger partial charge in [0, 0.05) is 23.2 Å². The smallest absolute Gasteiger partial charge is 0.0936 e. The maximum atomic E-state index is 5.80. The molecule has 0 spiro atoms. The average Bonchev–Trinajstić information content (AvgIpc) is 2.28. The second kappa shape index (κ2) is 4.00. The van der Waals surface area contributed by atoms with Gasteiger partial charge in [-0.3, -0.25) is 4.98 Å². The highest BCUT2D eigenvalue weighted by molar-refractivity contribution is 5.90. The largest absolute Gasteiger partial charge is 0.380 e. The van der Waals surface area contributed by atoms with Crippen LogP contribution in [0.3, 0.4) is 0 Å². The molecule has 0 atom stereocenters. The summed E-state index contributed by atoms with van der Waals surface area (Å²) in [6.07, 6.45) is 2.12. The number of pyridine rings is 1. The van der Waals surface area contributed by atoms with Gasteiger partial charge >= 0.3 is 0 Å². The van der Waals surface area contributed by atoms with Gasteiger partial charge in [0.2, 0.25) is 0 Å². The summed E-state index contributed by atoms with van der Waals surface area (Å²) < 4.78 is 0. The molecule has 0 bridgehead atoms. The van der Waals surface area contributed by atoms with Crippen molar-refractivity contribution >= 4 is 16.6 Å². The van der Waals surface area contributed by atoms with Crippen molar-refractivity contribution in [1.29, 1.82) is 0 Å². The van der Waals surface area contributed by atoms with Gasteiger partial charge in [0.1, 0.15) is 0 Å². The SMILES string of the molecule is Cc1ccc2cccc(NC3CC(N)C3)c2n1. The first kappa shape index (κ1) is 10.5. The molecule has 3 N–H and O–H groups in total. The van der Waals surface area contributed by atoms with Crippen molar-refractivity contribution in [2.24, 2.45) is 5.73 Å². The van der Waals surface area contributed by atoms with E-state index in [1.807, 2.05) is 13.0 Å². The Labute approximate surface area is 101 Å². The number of nitrogens with one attached hydrogen (secondary N) is 1. The van der Waals surface area contributed by atoms with Gasteiger partial charge in [-0.05, 0) is 31.9 Å². The van der Waals surface area contributed by atoms with E-state index in [2.05, 4.69) is 34.6 Å². The Kier molecular flexibility index (Phi) is 2.48. The van der Waals surface area contributed by atoms with Gasteiger partial charge in [-0.25, -0.2) is 0 Å². The van der Waals surface area contributed by atoms with Crippen molar-refractivity contribution < 1.29 is 0 Å². The highest BCUT2D eigenvalue weighted by Crippen LogP contribution is 2.27. The molecule has 0 amide bonds. The third-order valence-electron chi connectivity index (χ3n) is 3.39. The van der Waals surface area contributed by atoms with Gasteiger partial charge in [0.25, 0.3) is 0 Å². The molecule has 1 fully saturated rings. The third kappa shape index (κ3) is 1.98. The zero-order chi connectivity index (χ0) is 11.8. The van der Waals surface area contributed by atoms with E-state index in [1.165, 1.54) is 5.39 Å². The summed E-state index contributed by atoms with van der Waals surface area (Å²) in [4.78, 5) is 4.61. The van der Waals surface area contributed by atoms with E-state index in [0.29, 0.717) is 12.1 Å². The van der Waals surface area contributed by atoms with Gasteiger partial charge in [-0.2, -0.15) is 0 Å². The topological polar surface area (TPSA) is 50.9 Å². The zero-order valence-electron chi connectivity index (χ0n) is 9.98. The lowest BCUT2D eigenvalue weighted by atomic mass is 9.87. The minimum absolute atomic E-state index is 0.372. The first-order valence-corrected chi connectivity index (χ1v) is 6.11. The van der Waals surface area contributed by atoms with Crippen LogP contribution in [0.25, 0.3) is 10.9 Å². The second-order valence-corrected chi connectivity index (χ2v) is 4.90. The van der Waals surface area contributed by atoms with Crippen LogP contribution in [-0.4, -0.2) is 17.1 Å². The summed E-state index contributed by atoms with van der Waals surface area (Å²) in [5, 5.41) is 4.72. The number of aryl methyl sites for hydroxylation is 1. The Hall–Kier alpha value is -1.61. The number of nitrogens with two attached hydrogens (primary N) is 1. The van der Waals surface area contributed by atoms with Crippen LogP contribution in [0.1, 0.15) is 18.5 Å². The molecular weight excluding hydrogens is 210 g/mol. The third-order valence-corrected chi connectivity index (χ3v) is 3.39. The lowest BCUT2D eigenvalue weighted by Crippen LogP contribution is -2.44. The standard InChI is InChI=1S/C14H17N3/c1-9-5-6-10-3-2-4-13(14(10)16-9)17-12-7-11(15)8-12/h2-6,11-12,17H,7-8,15H2,1H3. The minimum atomic E-state index is 0.372. The van der Waals surface area contributed by atoms with E-state index in [-0.39, 0.29) is 0 Å². The molecule has 17 heavy (non-hydrogen) atoms. The number of hydrogen-bond donors (Lipinski definition) is 2. The number of aromatic nitrogens is 1. The molecule has 3 heteroatoms. The van der Waals surface area contributed by atoms with Crippen molar-refractivity contribution in [3.63, 3.8) is 0 Å². The Morgan fingerprint density at radius 2 is 2.06 bits per heavy atom. The Bertz CT molecular complexity index is 544. The summed E-state index contributed by atoms with van der Waals surface area (Å²) in [6.45, 7) is 2.02. The number of fused-ring (bicyclic) bond motifs is 1. The molecule has 1 heterocycles. The van der Waals surface area contributed by atoms with Crippen LogP contribution < -0.4 is 11.1 Å². The van der Waals surface area contributed by atoms with Gasteiger partial charge in [0.05, 0.1) is 11.2 Å². The normalized spacial score (nSPS) is 23.4. The maximum Gasteiger partial charge on any atom is 0.0936 e. The number of anilines is 1. The first-order valence-electron chi connectivity index (χ1n) is 6.11. The van der Waals surface area contributed by atoms with Gasteiger partial charge in [-0.15, -0.1) is 0 Å². The van der Waals surface area contributed by atoms with Crippen LogP contribution in [0.5, 0.6) is 0 Å². The lowest BCUT2D eigenvalue weighted by molar-refractivity contribution is 0.374. The Balaban J connectivity index is 1.95. The monoisotopic (exact) mass is 227 g/mol. The molecule has 0 unspecified atom stereocenters. The van der Waals surface area contributed by atoms with Crippen LogP contribution in [0, 0.1) is 6.92 Å². The average molecular weight is 227 g/mol. The molecule has 1 aliphatic rings.